The van der Waals surface area contributed by atoms with Crippen LogP contribution in [0, 0.1) is 11.8 Å². The summed E-state index contributed by atoms with van der Waals surface area (Å²) in [6, 6.07) is 12.8. The lowest BCUT2D eigenvalue weighted by molar-refractivity contribution is -0.144. The van der Waals surface area contributed by atoms with Crippen molar-refractivity contribution in [3.8, 4) is 11.5 Å². The van der Waals surface area contributed by atoms with Crippen molar-refractivity contribution in [2.45, 2.75) is 218 Å². The summed E-state index contributed by atoms with van der Waals surface area (Å²) < 4.78 is 43.9. The van der Waals surface area contributed by atoms with Crippen LogP contribution in [0.15, 0.2) is 36.4 Å². The highest BCUT2D eigenvalue weighted by molar-refractivity contribution is 6.75. The van der Waals surface area contributed by atoms with E-state index in [-0.39, 0.29) is 87.2 Å². The molecule has 68 heavy (non-hydrogen) atoms. The van der Waals surface area contributed by atoms with Crippen LogP contribution in [0.5, 0.6) is 11.5 Å². The number of ether oxygens (including phenoxy) is 4. The SMILES string of the molecule is CCOC(=O)CCCc1cccc2c1O[C@H]1C[C@@H](O[Si](C)(C)C(C)(C)C)[C@H](CO)[C@@H]21.CCOC(=O)CCCc1cccc2c1O[C@H]1C[C@@H](O[Si](C)(C)C(C)(C)C)[C@H](CO[Si](C)(C)C(C)(C)C)[C@@H]21.O. The number of carbonyl (C=O) groups is 2. The largest absolute Gasteiger partial charge is 0.489 e. The van der Waals surface area contributed by atoms with Gasteiger partial charge in [0.1, 0.15) is 23.7 Å². The van der Waals surface area contributed by atoms with Gasteiger partial charge in [0, 0.05) is 73.7 Å². The molecule has 2 aliphatic carbocycles. The molecule has 11 nitrogen and oxygen atoms in total. The molecule has 0 saturated heterocycles. The van der Waals surface area contributed by atoms with Gasteiger partial charge in [-0.1, -0.05) is 98.7 Å². The van der Waals surface area contributed by atoms with Gasteiger partial charge in [-0.05, 0) is 105 Å². The molecule has 8 atom stereocenters. The van der Waals surface area contributed by atoms with Crippen LogP contribution >= 0.6 is 0 Å². The van der Waals surface area contributed by atoms with Crippen LogP contribution in [0.2, 0.25) is 54.4 Å². The van der Waals surface area contributed by atoms with Crippen molar-refractivity contribution in [2.75, 3.05) is 26.4 Å². The summed E-state index contributed by atoms with van der Waals surface area (Å²) in [6.45, 7) is 39.9. The van der Waals surface area contributed by atoms with Crippen molar-refractivity contribution >= 4 is 36.9 Å². The third-order valence-electron chi connectivity index (χ3n) is 16.5. The summed E-state index contributed by atoms with van der Waals surface area (Å²) in [4.78, 5) is 23.5. The Balaban J connectivity index is 0.000000298. The fraction of sp³-hybridized carbons (Fsp3) is 0.741. The molecule has 2 aromatic carbocycles. The van der Waals surface area contributed by atoms with E-state index in [9.17, 15) is 14.7 Å². The lowest BCUT2D eigenvalue weighted by Gasteiger charge is -2.42. The Labute approximate surface area is 414 Å². The number of aryl methyl sites for hydroxylation is 2. The van der Waals surface area contributed by atoms with Crippen molar-refractivity contribution < 1.29 is 52.4 Å². The zero-order valence-corrected chi connectivity index (χ0v) is 48.2. The third-order valence-corrected chi connectivity index (χ3v) is 30.1. The Kier molecular flexibility index (Phi) is 19.5. The molecule has 0 radical (unpaired) electrons. The monoisotopic (exact) mass is 1000 g/mol. The summed E-state index contributed by atoms with van der Waals surface area (Å²) in [5.41, 5.74) is 4.82. The molecule has 2 aromatic rings. The average Bonchev–Trinajstić information content (AvgIpc) is 3.94. The summed E-state index contributed by atoms with van der Waals surface area (Å²) in [7, 11) is -5.78. The second-order valence-corrected chi connectivity index (χ2v) is 38.6. The first-order chi connectivity index (χ1) is 31.1. The maximum Gasteiger partial charge on any atom is 0.305 e. The number of aliphatic hydroxyl groups is 1. The molecule has 2 heterocycles. The molecule has 386 valence electrons. The van der Waals surface area contributed by atoms with Gasteiger partial charge in [-0.25, -0.2) is 0 Å². The zero-order valence-electron chi connectivity index (χ0n) is 45.2. The first kappa shape index (κ1) is 58.0. The number of rotatable bonds is 18. The molecule has 4 aliphatic rings. The van der Waals surface area contributed by atoms with Crippen LogP contribution < -0.4 is 9.47 Å². The lowest BCUT2D eigenvalue weighted by atomic mass is 9.87. The molecule has 0 spiro atoms. The fourth-order valence-corrected chi connectivity index (χ4v) is 13.4. The number of hydrogen-bond acceptors (Lipinski definition) is 10. The van der Waals surface area contributed by atoms with Gasteiger partial charge in [0.2, 0.25) is 0 Å². The number of carbonyl (C=O) groups excluding carboxylic acids is 2. The summed E-state index contributed by atoms with van der Waals surface area (Å²) in [5.74, 6) is 2.49. The van der Waals surface area contributed by atoms with Crippen molar-refractivity contribution in [1.29, 1.82) is 0 Å². The molecule has 2 aliphatic heterocycles. The maximum atomic E-state index is 11.8. The second kappa shape index (κ2) is 22.9. The van der Waals surface area contributed by atoms with Gasteiger partial charge < -0.3 is 42.8 Å². The Morgan fingerprint density at radius 1 is 0.618 bits per heavy atom. The van der Waals surface area contributed by atoms with E-state index < -0.39 is 25.0 Å². The van der Waals surface area contributed by atoms with E-state index in [0.29, 0.717) is 32.7 Å². The number of para-hydroxylation sites is 2. The standard InChI is InChI=1S/C30H52O5Si2.C24H38O5Si.H2O/c1-12-32-26(31)18-14-16-21-15-13-17-22-27-23(20-33-36(8,9)29(2,3)4)24(19-25(27)34-28(21)22)35-37(10,11)30(5,6)7;1-7-27-21(26)13-9-11-16-10-8-12-17-22-18(15-25)19(14-20(22)28-23(16)17)29-30(5,6)24(2,3)4;/h13,15,17,23-25,27H,12,14,16,18-20H2,1-11H3;8,10,12,18-20,22,25H,7,9,11,13-15H2,1-6H3;1H2/t23-,24+,25-,27+;18-,19+,20-,22+;/m00./s1. The van der Waals surface area contributed by atoms with E-state index in [1.54, 1.807) is 0 Å². The Hall–Kier alpha value is -2.57. The first-order valence-corrected chi connectivity index (χ1v) is 34.3. The predicted molar refractivity (Wildman–Crippen MR) is 281 cm³/mol. The van der Waals surface area contributed by atoms with Crippen LogP contribution in [0.1, 0.15) is 149 Å². The van der Waals surface area contributed by atoms with Gasteiger partial charge in [0.15, 0.2) is 25.0 Å². The smallest absolute Gasteiger partial charge is 0.305 e. The fourth-order valence-electron chi connectivity index (χ4n) is 9.59. The minimum absolute atomic E-state index is 0. The van der Waals surface area contributed by atoms with Crippen LogP contribution in [0.25, 0.3) is 0 Å². The number of benzene rings is 2. The molecule has 6 rings (SSSR count). The van der Waals surface area contributed by atoms with Gasteiger partial charge >= 0.3 is 11.9 Å². The topological polar surface area (TPSA) is 150 Å². The Morgan fingerprint density at radius 2 is 1.00 bits per heavy atom. The number of esters is 2. The van der Waals surface area contributed by atoms with Crippen LogP contribution in [-0.4, -0.2) is 98.3 Å². The van der Waals surface area contributed by atoms with E-state index in [1.807, 2.05) is 13.8 Å². The minimum Gasteiger partial charge on any atom is -0.489 e. The normalized spacial score (nSPS) is 24.3. The van der Waals surface area contributed by atoms with Gasteiger partial charge in [-0.2, -0.15) is 0 Å². The highest BCUT2D eigenvalue weighted by atomic mass is 28.4. The molecule has 0 aromatic heterocycles. The number of hydrogen-bond donors (Lipinski definition) is 1. The van der Waals surface area contributed by atoms with E-state index >= 15 is 0 Å². The van der Waals surface area contributed by atoms with E-state index in [1.165, 1.54) is 16.7 Å². The highest BCUT2D eigenvalue weighted by Gasteiger charge is 2.55. The molecular weight excluding hydrogens is 909 g/mol. The van der Waals surface area contributed by atoms with Crippen LogP contribution in [0.3, 0.4) is 0 Å². The Bertz CT molecular complexity index is 1980. The summed E-state index contributed by atoms with van der Waals surface area (Å²) in [5, 5.41) is 10.7. The van der Waals surface area contributed by atoms with E-state index in [4.69, 9.17) is 32.2 Å². The van der Waals surface area contributed by atoms with Crippen molar-refractivity contribution in [3.63, 3.8) is 0 Å². The minimum atomic E-state index is -1.95. The van der Waals surface area contributed by atoms with Crippen LogP contribution in [0.4, 0.5) is 0 Å². The molecular formula is C54H92O11Si3. The van der Waals surface area contributed by atoms with Gasteiger partial charge in [-0.3, -0.25) is 9.59 Å². The highest BCUT2D eigenvalue weighted by Crippen LogP contribution is 2.56. The molecule has 2 fully saturated rings. The molecule has 0 unspecified atom stereocenters. The van der Waals surface area contributed by atoms with Crippen molar-refractivity contribution in [1.82, 2.24) is 0 Å². The van der Waals surface area contributed by atoms with Crippen LogP contribution in [-0.2, 0) is 45.2 Å². The molecule has 3 N–H and O–H groups in total. The molecule has 14 heteroatoms. The van der Waals surface area contributed by atoms with Gasteiger partial charge in [-0.15, -0.1) is 0 Å². The molecule has 0 bridgehead atoms. The predicted octanol–water partition coefficient (Wildman–Crippen LogP) is 11.8. The summed E-state index contributed by atoms with van der Waals surface area (Å²) in [6.07, 6.45) is 6.04. The Morgan fingerprint density at radius 3 is 1.37 bits per heavy atom. The average molecular weight is 1000 g/mol. The molecule has 2 saturated carbocycles. The lowest BCUT2D eigenvalue weighted by Crippen LogP contribution is -2.47. The molecule has 0 amide bonds. The van der Waals surface area contributed by atoms with Crippen molar-refractivity contribution in [3.05, 3.63) is 58.7 Å². The quantitative estimate of drug-likeness (QED) is 0.113. The van der Waals surface area contributed by atoms with Crippen molar-refractivity contribution in [2.24, 2.45) is 11.8 Å². The summed E-state index contributed by atoms with van der Waals surface area (Å²) >= 11 is 0. The second-order valence-electron chi connectivity index (χ2n) is 24.2. The first-order valence-electron chi connectivity index (χ1n) is 25.6. The maximum absolute atomic E-state index is 11.8. The van der Waals surface area contributed by atoms with Gasteiger partial charge in [0.25, 0.3) is 0 Å². The van der Waals surface area contributed by atoms with E-state index in [2.05, 4.69) is 138 Å². The van der Waals surface area contributed by atoms with E-state index in [0.717, 1.165) is 55.6 Å². The third kappa shape index (κ3) is 13.3. The van der Waals surface area contributed by atoms with Gasteiger partial charge in [0.05, 0.1) is 25.4 Å². The zero-order chi connectivity index (χ0) is 49.9. The number of fused-ring (bicyclic) bond motifs is 6. The number of aliphatic hydroxyl groups excluding tert-OH is 1.